The molecule has 6 rings (SSSR count). The molecule has 2 aromatic carbocycles. The monoisotopic (exact) mass is 437 g/mol. The van der Waals surface area contributed by atoms with Crippen molar-refractivity contribution in [3.05, 3.63) is 60.0 Å². The van der Waals surface area contributed by atoms with Gasteiger partial charge in [0.15, 0.2) is 0 Å². The van der Waals surface area contributed by atoms with Crippen molar-refractivity contribution >= 4 is 38.5 Å². The van der Waals surface area contributed by atoms with Crippen molar-refractivity contribution in [3.63, 3.8) is 0 Å². The first-order chi connectivity index (χ1) is 16.0. The molecule has 0 radical (unpaired) electrons. The van der Waals surface area contributed by atoms with Gasteiger partial charge in [-0.2, -0.15) is 0 Å². The SMILES string of the molecule is CCCCc1ccc2c(c1)cc1c3c2ccn2c4nccnc4[n+](c32)C(C)(CC)C1(C)CC. The summed E-state index contributed by atoms with van der Waals surface area (Å²) in [4.78, 5) is 9.61. The number of aryl methyl sites for hydroxylation is 1. The van der Waals surface area contributed by atoms with Crippen LogP contribution in [0.4, 0.5) is 0 Å². The van der Waals surface area contributed by atoms with Crippen molar-refractivity contribution in [2.45, 2.75) is 77.7 Å². The zero-order chi connectivity index (χ0) is 23.0. The van der Waals surface area contributed by atoms with Crippen molar-refractivity contribution in [2.24, 2.45) is 0 Å². The molecule has 0 amide bonds. The predicted octanol–water partition coefficient (Wildman–Crippen LogP) is 6.63. The summed E-state index contributed by atoms with van der Waals surface area (Å²) in [6, 6.07) is 11.9. The Morgan fingerprint density at radius 1 is 0.939 bits per heavy atom. The Bertz CT molecular complexity index is 1560. The predicted molar refractivity (Wildman–Crippen MR) is 136 cm³/mol. The summed E-state index contributed by atoms with van der Waals surface area (Å²) in [6.07, 6.45) is 11.5. The lowest BCUT2D eigenvalue weighted by atomic mass is 9.61. The minimum absolute atomic E-state index is 0.0288. The third kappa shape index (κ3) is 2.44. The van der Waals surface area contributed by atoms with E-state index in [1.165, 1.54) is 51.2 Å². The van der Waals surface area contributed by atoms with E-state index in [1.54, 1.807) is 0 Å². The van der Waals surface area contributed by atoms with Crippen LogP contribution in [0.1, 0.15) is 71.4 Å². The second-order valence-electron chi connectivity index (χ2n) is 10.2. The quantitative estimate of drug-likeness (QED) is 0.228. The second kappa shape index (κ2) is 6.99. The number of hydrogen-bond donors (Lipinski definition) is 0. The molecule has 0 fully saturated rings. The summed E-state index contributed by atoms with van der Waals surface area (Å²) >= 11 is 0. The van der Waals surface area contributed by atoms with Crippen LogP contribution in [0.3, 0.4) is 0 Å². The third-order valence-electron chi connectivity index (χ3n) is 8.89. The molecule has 0 bridgehead atoms. The van der Waals surface area contributed by atoms with Crippen molar-refractivity contribution in [1.29, 1.82) is 0 Å². The fraction of sp³-hybridized carbons (Fsp3) is 0.414. The lowest BCUT2D eigenvalue weighted by Gasteiger charge is -2.47. The van der Waals surface area contributed by atoms with Crippen LogP contribution >= 0.6 is 0 Å². The van der Waals surface area contributed by atoms with Gasteiger partial charge in [0.2, 0.25) is 5.65 Å². The average molecular weight is 438 g/mol. The Kier molecular flexibility index (Phi) is 4.36. The Morgan fingerprint density at radius 3 is 2.52 bits per heavy atom. The Balaban J connectivity index is 1.85. The number of pyridine rings is 1. The number of aromatic nitrogens is 4. The van der Waals surface area contributed by atoms with E-state index in [4.69, 9.17) is 9.97 Å². The molecule has 0 saturated heterocycles. The van der Waals surface area contributed by atoms with Gasteiger partial charge in [-0.25, -0.2) is 14.0 Å². The van der Waals surface area contributed by atoms with Crippen molar-refractivity contribution in [3.8, 4) is 0 Å². The van der Waals surface area contributed by atoms with Crippen LogP contribution in [0.5, 0.6) is 0 Å². The van der Waals surface area contributed by atoms with Gasteiger partial charge in [0.25, 0.3) is 5.65 Å². The fourth-order valence-corrected chi connectivity index (χ4v) is 6.48. The molecule has 4 heteroatoms. The topological polar surface area (TPSA) is 34.1 Å². The van der Waals surface area contributed by atoms with E-state index in [0.717, 1.165) is 30.6 Å². The zero-order valence-electron chi connectivity index (χ0n) is 20.4. The number of rotatable bonds is 5. The first kappa shape index (κ1) is 20.6. The maximum atomic E-state index is 4.85. The largest absolute Gasteiger partial charge is 0.323 e. The third-order valence-corrected chi connectivity index (χ3v) is 8.89. The summed E-state index contributed by atoms with van der Waals surface area (Å²) in [5, 5.41) is 5.41. The summed E-state index contributed by atoms with van der Waals surface area (Å²) in [7, 11) is 0. The number of fused-ring (bicyclic) bond motifs is 5. The standard InChI is InChI=1S/C29H33N4/c1-6-9-10-19-11-12-21-20(17-19)18-23-24-22(21)13-16-32-25-26(31-15-14-30-25)33(27(24)32)29(5,8-3)28(23,4)7-2/h11-18H,6-10H2,1-5H3/q+1. The molecule has 0 spiro atoms. The van der Waals surface area contributed by atoms with Crippen LogP contribution in [-0.4, -0.2) is 14.4 Å². The minimum Gasteiger partial charge on any atom is -0.218 e. The number of nitrogens with zero attached hydrogens (tertiary/aromatic N) is 4. The van der Waals surface area contributed by atoms with E-state index in [2.05, 4.69) is 80.1 Å². The highest BCUT2D eigenvalue weighted by Gasteiger charge is 2.54. The maximum Gasteiger partial charge on any atom is 0.323 e. The van der Waals surface area contributed by atoms with Gasteiger partial charge < -0.3 is 0 Å². The highest BCUT2D eigenvalue weighted by molar-refractivity contribution is 6.14. The van der Waals surface area contributed by atoms with Gasteiger partial charge >= 0.3 is 5.65 Å². The van der Waals surface area contributed by atoms with Crippen molar-refractivity contribution in [2.75, 3.05) is 0 Å². The number of hydrogen-bond acceptors (Lipinski definition) is 2. The molecule has 2 unspecified atom stereocenters. The van der Waals surface area contributed by atoms with Gasteiger partial charge in [0.1, 0.15) is 6.20 Å². The van der Waals surface area contributed by atoms with E-state index in [-0.39, 0.29) is 11.0 Å². The molecule has 4 nitrogen and oxygen atoms in total. The maximum absolute atomic E-state index is 4.85. The molecule has 33 heavy (non-hydrogen) atoms. The molecule has 1 aliphatic heterocycles. The van der Waals surface area contributed by atoms with E-state index in [1.807, 2.05) is 12.4 Å². The van der Waals surface area contributed by atoms with Crippen LogP contribution < -0.4 is 4.57 Å². The molecule has 2 atom stereocenters. The minimum atomic E-state index is -0.112. The van der Waals surface area contributed by atoms with Gasteiger partial charge in [0.05, 0.1) is 23.3 Å². The number of benzene rings is 2. The summed E-state index contributed by atoms with van der Waals surface area (Å²) < 4.78 is 4.77. The molecular formula is C29H33N4+. The average Bonchev–Trinajstić information content (AvgIpc) is 3.20. The normalized spacial score (nSPS) is 22.3. The lowest BCUT2D eigenvalue weighted by molar-refractivity contribution is -0.730. The smallest absolute Gasteiger partial charge is 0.218 e. The Labute approximate surface area is 195 Å². The molecule has 0 N–H and O–H groups in total. The Hall–Kier alpha value is -3.01. The van der Waals surface area contributed by atoms with E-state index in [0.29, 0.717) is 0 Å². The molecular weight excluding hydrogens is 404 g/mol. The summed E-state index contributed by atoms with van der Waals surface area (Å²) in [5.41, 5.74) is 5.93. The summed E-state index contributed by atoms with van der Waals surface area (Å²) in [6.45, 7) is 11.8. The molecule has 5 aromatic rings. The van der Waals surface area contributed by atoms with Crippen molar-refractivity contribution in [1.82, 2.24) is 14.4 Å². The van der Waals surface area contributed by atoms with Gasteiger partial charge in [-0.3, -0.25) is 0 Å². The second-order valence-corrected chi connectivity index (χ2v) is 10.2. The van der Waals surface area contributed by atoms with E-state index < -0.39 is 0 Å². The highest BCUT2D eigenvalue weighted by atomic mass is 15.2. The first-order valence-corrected chi connectivity index (χ1v) is 12.5. The highest BCUT2D eigenvalue weighted by Crippen LogP contribution is 2.51. The fourth-order valence-electron chi connectivity index (χ4n) is 6.48. The van der Waals surface area contributed by atoms with Gasteiger partial charge in [-0.1, -0.05) is 52.3 Å². The van der Waals surface area contributed by atoms with E-state index in [9.17, 15) is 0 Å². The number of imidazole rings is 1. The van der Waals surface area contributed by atoms with Crippen LogP contribution in [0, 0.1) is 0 Å². The van der Waals surface area contributed by atoms with Gasteiger partial charge in [-0.05, 0) is 72.0 Å². The van der Waals surface area contributed by atoms with E-state index >= 15 is 0 Å². The molecule has 168 valence electrons. The van der Waals surface area contributed by atoms with Gasteiger partial charge in [-0.15, -0.1) is 4.98 Å². The molecule has 0 saturated carbocycles. The van der Waals surface area contributed by atoms with Crippen LogP contribution in [-0.2, 0) is 17.4 Å². The van der Waals surface area contributed by atoms with Gasteiger partial charge in [0, 0.05) is 5.41 Å². The van der Waals surface area contributed by atoms with Crippen LogP contribution in [0.15, 0.2) is 48.9 Å². The lowest BCUT2D eigenvalue weighted by Crippen LogP contribution is -2.66. The Morgan fingerprint density at radius 2 is 1.76 bits per heavy atom. The van der Waals surface area contributed by atoms with Crippen molar-refractivity contribution < 1.29 is 4.57 Å². The first-order valence-electron chi connectivity index (χ1n) is 12.5. The molecule has 1 aliphatic rings. The summed E-state index contributed by atoms with van der Waals surface area (Å²) in [5.74, 6) is 0. The zero-order valence-corrected chi connectivity index (χ0v) is 20.4. The molecule has 0 aliphatic carbocycles. The molecule has 3 aromatic heterocycles. The number of unbranched alkanes of at least 4 members (excludes halogenated alkanes) is 1. The van der Waals surface area contributed by atoms with Crippen LogP contribution in [0.2, 0.25) is 0 Å². The molecule has 4 heterocycles. The van der Waals surface area contributed by atoms with Crippen LogP contribution in [0.25, 0.3) is 38.5 Å².